The molecule has 0 atom stereocenters. The van der Waals surface area contributed by atoms with Crippen LogP contribution in [0.3, 0.4) is 0 Å². The maximum atomic E-state index is 13.1. The molecule has 0 fully saturated rings. The first-order valence-electron chi connectivity index (χ1n) is 8.78. The molecule has 7 heteroatoms. The van der Waals surface area contributed by atoms with Crippen LogP contribution in [-0.4, -0.2) is 25.3 Å². The molecular formula is C21H17NO5S. The van der Waals surface area contributed by atoms with E-state index in [1.54, 1.807) is 24.3 Å². The van der Waals surface area contributed by atoms with Crippen LogP contribution in [0.15, 0.2) is 59.5 Å². The Balaban J connectivity index is 1.83. The molecule has 0 aromatic heterocycles. The summed E-state index contributed by atoms with van der Waals surface area (Å²) < 4.78 is 30.3. The summed E-state index contributed by atoms with van der Waals surface area (Å²) in [6.07, 6.45) is 0.554. The smallest absolute Gasteiger partial charge is 0.266 e. The number of hydrogen-bond donors (Lipinski definition) is 0. The highest BCUT2D eigenvalue weighted by Crippen LogP contribution is 2.33. The predicted molar refractivity (Wildman–Crippen MR) is 103 cm³/mol. The monoisotopic (exact) mass is 395 g/mol. The van der Waals surface area contributed by atoms with Gasteiger partial charge in [0.25, 0.3) is 11.8 Å². The molecular weight excluding hydrogens is 378 g/mol. The number of hydroxylamine groups is 2. The van der Waals surface area contributed by atoms with Crippen LogP contribution in [0.2, 0.25) is 0 Å². The Hall–Kier alpha value is -3.03. The summed E-state index contributed by atoms with van der Waals surface area (Å²) in [7, 11) is -4.35. The number of carbonyl (C=O) groups is 2. The lowest BCUT2D eigenvalue weighted by atomic mass is 9.90. The van der Waals surface area contributed by atoms with Gasteiger partial charge in [-0.15, -0.1) is 9.35 Å². The Morgan fingerprint density at radius 2 is 1.64 bits per heavy atom. The molecule has 0 saturated heterocycles. The van der Waals surface area contributed by atoms with Crippen molar-refractivity contribution < 1.29 is 22.3 Å². The SMILES string of the molecule is CCc1ccc2cccc3c2c1C(=O)N(OS(=O)(=O)c1ccc(C)cc1)C3=O. The third-order valence-electron chi connectivity index (χ3n) is 4.81. The summed E-state index contributed by atoms with van der Waals surface area (Å²) >= 11 is 0. The standard InChI is InChI=1S/C21H17NO5S/c1-3-14-9-10-15-5-4-6-17-18(15)19(14)21(24)22(20(17)23)27-28(25,26)16-11-7-13(2)8-12-16/h4-12H,3H2,1-2H3. The van der Waals surface area contributed by atoms with Crippen molar-refractivity contribution in [3.8, 4) is 0 Å². The summed E-state index contributed by atoms with van der Waals surface area (Å²) in [5.41, 5.74) is 2.13. The molecule has 0 bridgehead atoms. The summed E-state index contributed by atoms with van der Waals surface area (Å²) in [6, 6.07) is 14.7. The van der Waals surface area contributed by atoms with E-state index >= 15 is 0 Å². The molecule has 6 nitrogen and oxygen atoms in total. The van der Waals surface area contributed by atoms with Gasteiger partial charge in [-0.05, 0) is 42.5 Å². The number of carbonyl (C=O) groups excluding carboxylic acids is 2. The molecule has 0 aliphatic carbocycles. The lowest BCUT2D eigenvalue weighted by Gasteiger charge is -2.26. The minimum Gasteiger partial charge on any atom is -0.266 e. The summed E-state index contributed by atoms with van der Waals surface area (Å²) in [6.45, 7) is 3.71. The van der Waals surface area contributed by atoms with Gasteiger partial charge in [-0.2, -0.15) is 8.42 Å². The topological polar surface area (TPSA) is 80.8 Å². The molecule has 3 aromatic rings. The van der Waals surface area contributed by atoms with Crippen LogP contribution in [0.4, 0.5) is 0 Å². The van der Waals surface area contributed by atoms with Gasteiger partial charge in [0.15, 0.2) is 0 Å². The number of imide groups is 1. The van der Waals surface area contributed by atoms with Crippen LogP contribution < -0.4 is 0 Å². The summed E-state index contributed by atoms with van der Waals surface area (Å²) in [5, 5.41) is 1.63. The van der Waals surface area contributed by atoms with Gasteiger partial charge in [0, 0.05) is 5.39 Å². The van der Waals surface area contributed by atoms with Gasteiger partial charge in [0.2, 0.25) is 0 Å². The fourth-order valence-electron chi connectivity index (χ4n) is 3.36. The van der Waals surface area contributed by atoms with Crippen LogP contribution in [0.25, 0.3) is 10.8 Å². The number of hydrogen-bond acceptors (Lipinski definition) is 5. The quantitative estimate of drug-likeness (QED) is 0.630. The largest absolute Gasteiger partial charge is 0.318 e. The van der Waals surface area contributed by atoms with Crippen molar-refractivity contribution in [3.05, 3.63) is 76.9 Å². The molecule has 0 unspecified atom stereocenters. The van der Waals surface area contributed by atoms with E-state index in [1.807, 2.05) is 32.0 Å². The minimum atomic E-state index is -4.35. The molecule has 0 spiro atoms. The van der Waals surface area contributed by atoms with Crippen LogP contribution >= 0.6 is 0 Å². The Morgan fingerprint density at radius 3 is 2.32 bits per heavy atom. The van der Waals surface area contributed by atoms with Gasteiger partial charge < -0.3 is 0 Å². The minimum absolute atomic E-state index is 0.133. The van der Waals surface area contributed by atoms with Crippen LogP contribution in [-0.2, 0) is 20.8 Å². The van der Waals surface area contributed by atoms with Crippen molar-refractivity contribution in [2.75, 3.05) is 0 Å². The van der Waals surface area contributed by atoms with Gasteiger partial charge in [-0.1, -0.05) is 48.9 Å². The highest BCUT2D eigenvalue weighted by molar-refractivity contribution is 7.86. The summed E-state index contributed by atoms with van der Waals surface area (Å²) in [5.74, 6) is -1.58. The molecule has 1 heterocycles. The Bertz CT molecular complexity index is 1230. The normalized spacial score (nSPS) is 14.0. The Labute approximate surface area is 162 Å². The average molecular weight is 395 g/mol. The second kappa shape index (κ2) is 6.54. The molecule has 28 heavy (non-hydrogen) atoms. The maximum Gasteiger partial charge on any atom is 0.318 e. The molecule has 1 aliphatic heterocycles. The van der Waals surface area contributed by atoms with Crippen LogP contribution in [0, 0.1) is 6.92 Å². The van der Waals surface area contributed by atoms with E-state index in [0.29, 0.717) is 22.4 Å². The molecule has 1 aliphatic rings. The van der Waals surface area contributed by atoms with Gasteiger partial charge in [-0.3, -0.25) is 9.59 Å². The number of aryl methyl sites for hydroxylation is 2. The fraction of sp³-hybridized carbons (Fsp3) is 0.143. The van der Waals surface area contributed by atoms with E-state index in [1.165, 1.54) is 12.1 Å². The average Bonchev–Trinajstić information content (AvgIpc) is 2.69. The predicted octanol–water partition coefficient (Wildman–Crippen LogP) is 3.63. The molecule has 3 aromatic carbocycles. The van der Waals surface area contributed by atoms with Crippen molar-refractivity contribution in [1.29, 1.82) is 0 Å². The fourth-order valence-corrected chi connectivity index (χ4v) is 4.24. The second-order valence-electron chi connectivity index (χ2n) is 6.60. The number of amides is 2. The molecule has 0 saturated carbocycles. The van der Waals surface area contributed by atoms with Crippen molar-refractivity contribution in [2.45, 2.75) is 25.2 Å². The first-order valence-corrected chi connectivity index (χ1v) is 10.2. The third-order valence-corrected chi connectivity index (χ3v) is 6.00. The first kappa shape index (κ1) is 18.3. The second-order valence-corrected chi connectivity index (χ2v) is 8.13. The number of rotatable bonds is 4. The zero-order valence-electron chi connectivity index (χ0n) is 15.3. The molecule has 0 N–H and O–H groups in total. The van der Waals surface area contributed by atoms with E-state index < -0.39 is 21.9 Å². The molecule has 0 radical (unpaired) electrons. The third kappa shape index (κ3) is 2.80. The lowest BCUT2D eigenvalue weighted by molar-refractivity contribution is -0.0155. The molecule has 142 valence electrons. The van der Waals surface area contributed by atoms with Crippen molar-refractivity contribution in [3.63, 3.8) is 0 Å². The van der Waals surface area contributed by atoms with Gasteiger partial charge >= 0.3 is 10.1 Å². The van der Waals surface area contributed by atoms with Crippen molar-refractivity contribution in [2.24, 2.45) is 0 Å². The number of benzene rings is 3. The zero-order chi connectivity index (χ0) is 20.1. The first-order chi connectivity index (χ1) is 13.3. The lowest BCUT2D eigenvalue weighted by Crippen LogP contribution is -2.42. The van der Waals surface area contributed by atoms with Crippen LogP contribution in [0.5, 0.6) is 0 Å². The van der Waals surface area contributed by atoms with E-state index in [0.717, 1.165) is 16.5 Å². The van der Waals surface area contributed by atoms with Gasteiger partial charge in [0.1, 0.15) is 0 Å². The van der Waals surface area contributed by atoms with Crippen LogP contribution in [0.1, 0.15) is 38.8 Å². The van der Waals surface area contributed by atoms with Gasteiger partial charge in [-0.25, -0.2) is 0 Å². The number of nitrogens with zero attached hydrogens (tertiary/aromatic N) is 1. The highest BCUT2D eigenvalue weighted by Gasteiger charge is 2.38. The Kier molecular flexibility index (Phi) is 4.28. The molecule has 2 amide bonds. The van der Waals surface area contributed by atoms with E-state index in [2.05, 4.69) is 0 Å². The van der Waals surface area contributed by atoms with E-state index in [9.17, 15) is 18.0 Å². The Morgan fingerprint density at radius 1 is 0.929 bits per heavy atom. The van der Waals surface area contributed by atoms with Crippen molar-refractivity contribution >= 4 is 32.7 Å². The van der Waals surface area contributed by atoms with E-state index in [-0.39, 0.29) is 10.5 Å². The maximum absolute atomic E-state index is 13.1. The zero-order valence-corrected chi connectivity index (χ0v) is 16.1. The van der Waals surface area contributed by atoms with E-state index in [4.69, 9.17) is 4.28 Å². The highest BCUT2D eigenvalue weighted by atomic mass is 32.2. The van der Waals surface area contributed by atoms with Gasteiger partial charge in [0.05, 0.1) is 16.0 Å². The molecule has 4 rings (SSSR count). The summed E-state index contributed by atoms with van der Waals surface area (Å²) in [4.78, 5) is 25.8. The van der Waals surface area contributed by atoms with Crippen molar-refractivity contribution in [1.82, 2.24) is 5.06 Å².